The molecule has 1 aromatic heterocycles. The minimum absolute atomic E-state index is 0.0906. The van der Waals surface area contributed by atoms with E-state index >= 15 is 0 Å². The molecule has 0 spiro atoms. The molecule has 0 saturated carbocycles. The summed E-state index contributed by atoms with van der Waals surface area (Å²) in [6.45, 7) is 6.56. The van der Waals surface area contributed by atoms with Crippen LogP contribution in [-0.4, -0.2) is 39.3 Å². The molecule has 0 bridgehead atoms. The number of Topliss-reactive ketones (excluding diaryl/α,β-unsaturated/α-hetero) is 2. The Hall–Kier alpha value is -1.56. The molecule has 1 rings (SSSR count). The van der Waals surface area contributed by atoms with E-state index in [4.69, 9.17) is 4.74 Å². The van der Waals surface area contributed by atoms with Crippen molar-refractivity contribution in [2.24, 2.45) is 0 Å². The van der Waals surface area contributed by atoms with Crippen LogP contribution in [0.3, 0.4) is 0 Å². The lowest BCUT2D eigenvalue weighted by Crippen LogP contribution is -2.21. The highest BCUT2D eigenvalue weighted by Crippen LogP contribution is 2.05. The SMILES string of the molecule is CCOC(C)C(=O)CCc1cn(CCCCC(C)=O)nn1. The molecule has 0 aliphatic carbocycles. The standard InChI is InChI=1S/C15H25N3O3/c1-4-21-13(3)15(20)9-8-14-11-18(17-16-14)10-6-5-7-12(2)19/h11,13H,4-10H2,1-3H3. The van der Waals surface area contributed by atoms with Gasteiger partial charge < -0.3 is 9.53 Å². The zero-order valence-corrected chi connectivity index (χ0v) is 13.2. The minimum Gasteiger partial charge on any atom is -0.371 e. The van der Waals surface area contributed by atoms with Crippen molar-refractivity contribution >= 4 is 11.6 Å². The quantitative estimate of drug-likeness (QED) is 0.583. The highest BCUT2D eigenvalue weighted by Gasteiger charge is 2.13. The molecule has 6 nitrogen and oxygen atoms in total. The molecule has 0 aromatic carbocycles. The first-order valence-corrected chi connectivity index (χ1v) is 7.55. The third kappa shape index (κ3) is 7.13. The van der Waals surface area contributed by atoms with E-state index in [9.17, 15) is 9.59 Å². The molecule has 1 heterocycles. The number of ketones is 2. The van der Waals surface area contributed by atoms with E-state index < -0.39 is 0 Å². The molecule has 1 atom stereocenters. The van der Waals surface area contributed by atoms with Gasteiger partial charge in [0.1, 0.15) is 11.9 Å². The lowest BCUT2D eigenvalue weighted by molar-refractivity contribution is -0.129. The molecular formula is C15H25N3O3. The van der Waals surface area contributed by atoms with E-state index in [0.29, 0.717) is 25.9 Å². The number of hydrogen-bond donors (Lipinski definition) is 0. The molecule has 0 radical (unpaired) electrons. The van der Waals surface area contributed by atoms with Crippen molar-refractivity contribution in [2.75, 3.05) is 6.61 Å². The summed E-state index contributed by atoms with van der Waals surface area (Å²) in [7, 11) is 0. The lowest BCUT2D eigenvalue weighted by Gasteiger charge is -2.08. The molecule has 0 aliphatic heterocycles. The summed E-state index contributed by atoms with van der Waals surface area (Å²) in [5, 5.41) is 8.09. The van der Waals surface area contributed by atoms with E-state index in [2.05, 4.69) is 10.3 Å². The Labute approximate surface area is 125 Å². The fourth-order valence-corrected chi connectivity index (χ4v) is 2.01. The second kappa shape index (κ2) is 9.39. The van der Waals surface area contributed by atoms with Gasteiger partial charge in [0.05, 0.1) is 5.69 Å². The van der Waals surface area contributed by atoms with Crippen molar-refractivity contribution in [2.45, 2.75) is 65.5 Å². The van der Waals surface area contributed by atoms with Crippen LogP contribution in [0.4, 0.5) is 0 Å². The van der Waals surface area contributed by atoms with Gasteiger partial charge in [0.2, 0.25) is 0 Å². The highest BCUT2D eigenvalue weighted by molar-refractivity contribution is 5.82. The smallest absolute Gasteiger partial charge is 0.161 e. The van der Waals surface area contributed by atoms with Crippen molar-refractivity contribution in [3.63, 3.8) is 0 Å². The summed E-state index contributed by atoms with van der Waals surface area (Å²) in [4.78, 5) is 22.6. The van der Waals surface area contributed by atoms with Crippen LogP contribution in [0.1, 0.15) is 52.1 Å². The maximum atomic E-state index is 11.8. The Kier molecular flexibility index (Phi) is 7.82. The molecule has 0 N–H and O–H groups in total. The average molecular weight is 295 g/mol. The molecular weight excluding hydrogens is 270 g/mol. The van der Waals surface area contributed by atoms with E-state index in [1.54, 1.807) is 18.5 Å². The van der Waals surface area contributed by atoms with Crippen LogP contribution in [0, 0.1) is 0 Å². The van der Waals surface area contributed by atoms with Crippen molar-refractivity contribution in [3.8, 4) is 0 Å². The molecule has 6 heteroatoms. The van der Waals surface area contributed by atoms with Gasteiger partial charge in [-0.15, -0.1) is 5.10 Å². The summed E-state index contributed by atoms with van der Waals surface area (Å²) in [5.41, 5.74) is 0.818. The number of carbonyl (C=O) groups excluding carboxylic acids is 2. The predicted molar refractivity (Wildman–Crippen MR) is 79.0 cm³/mol. The predicted octanol–water partition coefficient (Wildman–Crippen LogP) is 1.96. The van der Waals surface area contributed by atoms with Gasteiger partial charge in [0.15, 0.2) is 5.78 Å². The summed E-state index contributed by atoms with van der Waals surface area (Å²) in [6.07, 6.45) is 4.92. The van der Waals surface area contributed by atoms with Crippen LogP contribution in [0.2, 0.25) is 0 Å². The summed E-state index contributed by atoms with van der Waals surface area (Å²) < 4.78 is 7.03. The maximum absolute atomic E-state index is 11.8. The molecule has 0 fully saturated rings. The second-order valence-electron chi connectivity index (χ2n) is 5.20. The topological polar surface area (TPSA) is 74.1 Å². The van der Waals surface area contributed by atoms with Gasteiger partial charge in [-0.05, 0) is 33.6 Å². The zero-order valence-electron chi connectivity index (χ0n) is 13.2. The Morgan fingerprint density at radius 3 is 2.76 bits per heavy atom. The number of unbranched alkanes of at least 4 members (excludes halogenated alkanes) is 1. The number of nitrogens with zero attached hydrogens (tertiary/aromatic N) is 3. The third-order valence-corrected chi connectivity index (χ3v) is 3.25. The van der Waals surface area contributed by atoms with Crippen LogP contribution >= 0.6 is 0 Å². The number of aromatic nitrogens is 3. The normalized spacial score (nSPS) is 12.3. The van der Waals surface area contributed by atoms with E-state index in [0.717, 1.165) is 25.1 Å². The van der Waals surface area contributed by atoms with Crippen LogP contribution in [0.15, 0.2) is 6.20 Å². The van der Waals surface area contributed by atoms with Crippen LogP contribution in [0.25, 0.3) is 0 Å². The van der Waals surface area contributed by atoms with Gasteiger partial charge in [-0.2, -0.15) is 0 Å². The maximum Gasteiger partial charge on any atom is 0.161 e. The largest absolute Gasteiger partial charge is 0.371 e. The zero-order chi connectivity index (χ0) is 15.7. The number of carbonyl (C=O) groups is 2. The van der Waals surface area contributed by atoms with Crippen molar-refractivity contribution in [3.05, 3.63) is 11.9 Å². The summed E-state index contributed by atoms with van der Waals surface area (Å²) in [5.74, 6) is 0.309. The number of hydrogen-bond acceptors (Lipinski definition) is 5. The third-order valence-electron chi connectivity index (χ3n) is 3.25. The number of ether oxygens (including phenoxy) is 1. The first-order chi connectivity index (χ1) is 10.0. The molecule has 0 amide bonds. The molecule has 0 aliphatic rings. The monoisotopic (exact) mass is 295 g/mol. The molecule has 21 heavy (non-hydrogen) atoms. The first kappa shape index (κ1) is 17.5. The van der Waals surface area contributed by atoms with Gasteiger partial charge in [0, 0.05) is 38.6 Å². The van der Waals surface area contributed by atoms with Crippen LogP contribution < -0.4 is 0 Å². The Morgan fingerprint density at radius 1 is 1.33 bits per heavy atom. The number of aryl methyl sites for hydroxylation is 2. The second-order valence-corrected chi connectivity index (χ2v) is 5.20. The lowest BCUT2D eigenvalue weighted by atomic mass is 10.1. The fourth-order valence-electron chi connectivity index (χ4n) is 2.01. The summed E-state index contributed by atoms with van der Waals surface area (Å²) >= 11 is 0. The van der Waals surface area contributed by atoms with Gasteiger partial charge >= 0.3 is 0 Å². The summed E-state index contributed by atoms with van der Waals surface area (Å²) in [6, 6.07) is 0. The van der Waals surface area contributed by atoms with Gasteiger partial charge in [-0.1, -0.05) is 5.21 Å². The van der Waals surface area contributed by atoms with Crippen molar-refractivity contribution in [1.29, 1.82) is 0 Å². The Balaban J connectivity index is 2.28. The number of rotatable bonds is 11. The van der Waals surface area contributed by atoms with Crippen LogP contribution in [-0.2, 0) is 27.3 Å². The minimum atomic E-state index is -0.350. The van der Waals surface area contributed by atoms with Crippen molar-refractivity contribution in [1.82, 2.24) is 15.0 Å². The molecule has 1 unspecified atom stereocenters. The highest BCUT2D eigenvalue weighted by atomic mass is 16.5. The first-order valence-electron chi connectivity index (χ1n) is 7.55. The van der Waals surface area contributed by atoms with E-state index in [1.165, 1.54) is 0 Å². The molecule has 1 aromatic rings. The van der Waals surface area contributed by atoms with Gasteiger partial charge in [-0.3, -0.25) is 9.48 Å². The van der Waals surface area contributed by atoms with Crippen LogP contribution in [0.5, 0.6) is 0 Å². The van der Waals surface area contributed by atoms with Gasteiger partial charge in [0.25, 0.3) is 0 Å². The van der Waals surface area contributed by atoms with Gasteiger partial charge in [-0.25, -0.2) is 0 Å². The molecule has 118 valence electrons. The Morgan fingerprint density at radius 2 is 2.10 bits per heavy atom. The van der Waals surface area contributed by atoms with E-state index in [-0.39, 0.29) is 17.7 Å². The van der Waals surface area contributed by atoms with Crippen molar-refractivity contribution < 1.29 is 14.3 Å². The average Bonchev–Trinajstić information content (AvgIpc) is 2.89. The Bertz CT molecular complexity index is 457. The molecule has 0 saturated heterocycles. The van der Waals surface area contributed by atoms with E-state index in [1.807, 2.05) is 13.1 Å². The fraction of sp³-hybridized carbons (Fsp3) is 0.733.